The molecule has 0 N–H and O–H groups in total. The summed E-state index contributed by atoms with van der Waals surface area (Å²) in [6.45, 7) is 0. The van der Waals surface area contributed by atoms with Gasteiger partial charge in [0.1, 0.15) is 0 Å². The molecule has 0 radical (unpaired) electrons. The quantitative estimate of drug-likeness (QED) is 0.112. The van der Waals surface area contributed by atoms with Gasteiger partial charge >= 0.3 is 0 Å². The standard InChI is InChI=1S/C60H41N3Si/c1-5-20-42(21-6-1)61-57-38-36-43(40-52(57)60-58(61)34-19-35-59(60)63-54-32-17-13-28-48(54)49-29-14-18-33-55(49)63)62-53-31-16-15-30-50(53)51-41-47(37-39-56(51)62)64(44-22-7-2-8-23-44,45-24-9-3-10-25-45)46-26-11-4-12-27-46/h1-41H. The molecule has 0 saturated carbocycles. The molecule has 0 atom stereocenters. The highest BCUT2D eigenvalue weighted by Gasteiger charge is 2.41. The van der Waals surface area contributed by atoms with E-state index in [2.05, 4.69) is 262 Å². The number of rotatable bonds is 7. The molecule has 0 saturated heterocycles. The Morgan fingerprint density at radius 1 is 0.234 bits per heavy atom. The Bertz CT molecular complexity index is 3730. The lowest BCUT2D eigenvalue weighted by molar-refractivity contribution is 1.16. The van der Waals surface area contributed by atoms with Gasteiger partial charge in [-0.15, -0.1) is 0 Å². The van der Waals surface area contributed by atoms with E-state index in [0.29, 0.717) is 0 Å². The molecule has 3 aromatic heterocycles. The van der Waals surface area contributed by atoms with E-state index in [9.17, 15) is 0 Å². The first-order valence-corrected chi connectivity index (χ1v) is 24.1. The lowest BCUT2D eigenvalue weighted by Crippen LogP contribution is -2.74. The Hall–Kier alpha value is -8.18. The summed E-state index contributed by atoms with van der Waals surface area (Å²) in [5.41, 5.74) is 10.6. The summed E-state index contributed by atoms with van der Waals surface area (Å²) >= 11 is 0. The van der Waals surface area contributed by atoms with Gasteiger partial charge in [-0.05, 0) is 87.5 Å². The summed E-state index contributed by atoms with van der Waals surface area (Å²) in [6.07, 6.45) is 0. The number of nitrogens with zero attached hydrogens (tertiary/aromatic N) is 3. The molecule has 0 spiro atoms. The molecule has 0 aliphatic heterocycles. The van der Waals surface area contributed by atoms with E-state index >= 15 is 0 Å². The van der Waals surface area contributed by atoms with Gasteiger partial charge in [0, 0.05) is 43.7 Å². The molecular weight excluding hydrogens is 791 g/mol. The van der Waals surface area contributed by atoms with Crippen LogP contribution in [-0.4, -0.2) is 21.8 Å². The predicted molar refractivity (Wildman–Crippen MR) is 273 cm³/mol. The van der Waals surface area contributed by atoms with Crippen LogP contribution in [0.15, 0.2) is 249 Å². The molecule has 0 amide bonds. The number of aromatic nitrogens is 3. The third kappa shape index (κ3) is 5.27. The van der Waals surface area contributed by atoms with E-state index in [-0.39, 0.29) is 0 Å². The SMILES string of the molecule is c1ccc(-n2c3ccc(-n4c5ccccc5c5cc([Si](c6ccccc6)(c6ccccc6)c6ccccc6)ccc54)cc3c3c(-n4c5ccccc5c5ccccc54)cccc32)cc1. The third-order valence-electron chi connectivity index (χ3n) is 13.6. The molecule has 300 valence electrons. The van der Waals surface area contributed by atoms with Crippen molar-refractivity contribution in [2.45, 2.75) is 0 Å². The van der Waals surface area contributed by atoms with E-state index in [4.69, 9.17) is 0 Å². The van der Waals surface area contributed by atoms with Crippen LogP contribution in [0.3, 0.4) is 0 Å². The highest BCUT2D eigenvalue weighted by molar-refractivity contribution is 7.20. The first kappa shape index (κ1) is 36.5. The van der Waals surface area contributed by atoms with Gasteiger partial charge in [0.15, 0.2) is 8.07 Å². The average molecular weight is 832 g/mol. The van der Waals surface area contributed by atoms with Gasteiger partial charge in [-0.1, -0.05) is 182 Å². The molecule has 0 fully saturated rings. The molecule has 0 aliphatic rings. The average Bonchev–Trinajstić information content (AvgIpc) is 4.01. The largest absolute Gasteiger partial charge is 0.309 e. The second-order valence-corrected chi connectivity index (χ2v) is 20.7. The summed E-state index contributed by atoms with van der Waals surface area (Å²) in [5.74, 6) is 0. The van der Waals surface area contributed by atoms with Gasteiger partial charge in [-0.2, -0.15) is 0 Å². The highest BCUT2D eigenvalue weighted by atomic mass is 28.3. The van der Waals surface area contributed by atoms with Gasteiger partial charge in [-0.3, -0.25) is 0 Å². The van der Waals surface area contributed by atoms with E-state index in [1.54, 1.807) is 0 Å². The third-order valence-corrected chi connectivity index (χ3v) is 18.3. The van der Waals surface area contributed by atoms with Crippen molar-refractivity contribution in [1.82, 2.24) is 13.7 Å². The number of benzene rings is 10. The minimum atomic E-state index is -2.76. The Kier molecular flexibility index (Phi) is 8.23. The summed E-state index contributed by atoms with van der Waals surface area (Å²) in [4.78, 5) is 0. The van der Waals surface area contributed by atoms with Crippen LogP contribution in [0.4, 0.5) is 0 Å². The second-order valence-electron chi connectivity index (χ2n) is 16.8. The van der Waals surface area contributed by atoms with Crippen LogP contribution in [-0.2, 0) is 0 Å². The van der Waals surface area contributed by atoms with Crippen LogP contribution in [0.1, 0.15) is 0 Å². The normalized spacial score (nSPS) is 12.1. The van der Waals surface area contributed by atoms with Crippen molar-refractivity contribution in [3.05, 3.63) is 249 Å². The van der Waals surface area contributed by atoms with Crippen LogP contribution in [0, 0.1) is 0 Å². The first-order chi connectivity index (χ1) is 31.8. The van der Waals surface area contributed by atoms with Crippen molar-refractivity contribution in [3.63, 3.8) is 0 Å². The monoisotopic (exact) mass is 831 g/mol. The second kappa shape index (κ2) is 14.5. The zero-order chi connectivity index (χ0) is 42.2. The predicted octanol–water partition coefficient (Wildman–Crippen LogP) is 12.4. The summed E-state index contributed by atoms with van der Waals surface area (Å²) in [5, 5.41) is 12.9. The van der Waals surface area contributed by atoms with Crippen LogP contribution >= 0.6 is 0 Å². The number of hydrogen-bond donors (Lipinski definition) is 0. The molecule has 64 heavy (non-hydrogen) atoms. The Balaban J connectivity index is 1.10. The van der Waals surface area contributed by atoms with Crippen LogP contribution < -0.4 is 20.7 Å². The Morgan fingerprint density at radius 3 is 1.23 bits per heavy atom. The van der Waals surface area contributed by atoms with Crippen LogP contribution in [0.25, 0.3) is 82.5 Å². The maximum absolute atomic E-state index is 2.76. The van der Waals surface area contributed by atoms with E-state index in [0.717, 1.165) is 11.4 Å². The summed E-state index contributed by atoms with van der Waals surface area (Å²) in [7, 11) is -2.76. The number of para-hydroxylation sites is 4. The molecule has 3 heterocycles. The van der Waals surface area contributed by atoms with Gasteiger partial charge < -0.3 is 13.7 Å². The van der Waals surface area contributed by atoms with Crippen LogP contribution in [0.2, 0.25) is 0 Å². The zero-order valence-electron chi connectivity index (χ0n) is 35.0. The molecule has 13 rings (SSSR count). The van der Waals surface area contributed by atoms with Gasteiger partial charge in [0.05, 0.1) is 38.8 Å². The Labute approximate surface area is 372 Å². The highest BCUT2D eigenvalue weighted by Crippen LogP contribution is 2.41. The Morgan fingerprint density at radius 2 is 0.656 bits per heavy atom. The molecule has 0 unspecified atom stereocenters. The van der Waals surface area contributed by atoms with Crippen molar-refractivity contribution in [2.24, 2.45) is 0 Å². The van der Waals surface area contributed by atoms with Crippen molar-refractivity contribution < 1.29 is 0 Å². The topological polar surface area (TPSA) is 14.8 Å². The lowest BCUT2D eigenvalue weighted by Gasteiger charge is -2.34. The van der Waals surface area contributed by atoms with E-state index in [1.807, 2.05) is 0 Å². The van der Waals surface area contributed by atoms with Gasteiger partial charge in [0.25, 0.3) is 0 Å². The lowest BCUT2D eigenvalue weighted by atomic mass is 10.1. The molecule has 13 aromatic rings. The zero-order valence-corrected chi connectivity index (χ0v) is 36.0. The fourth-order valence-electron chi connectivity index (χ4n) is 11.0. The van der Waals surface area contributed by atoms with Gasteiger partial charge in [0.2, 0.25) is 0 Å². The molecule has 0 bridgehead atoms. The van der Waals surface area contributed by atoms with Crippen molar-refractivity contribution in [3.8, 4) is 17.1 Å². The van der Waals surface area contributed by atoms with E-state index < -0.39 is 8.07 Å². The minimum absolute atomic E-state index is 1.13. The first-order valence-electron chi connectivity index (χ1n) is 22.1. The molecule has 3 nitrogen and oxygen atoms in total. The molecule has 0 aliphatic carbocycles. The van der Waals surface area contributed by atoms with Crippen molar-refractivity contribution in [1.29, 1.82) is 0 Å². The maximum atomic E-state index is 2.52. The fourth-order valence-corrected chi connectivity index (χ4v) is 15.7. The summed E-state index contributed by atoms with van der Waals surface area (Å²) in [6, 6.07) is 92.2. The van der Waals surface area contributed by atoms with Gasteiger partial charge in [-0.25, -0.2) is 0 Å². The van der Waals surface area contributed by atoms with Crippen LogP contribution in [0.5, 0.6) is 0 Å². The van der Waals surface area contributed by atoms with Crippen molar-refractivity contribution in [2.75, 3.05) is 0 Å². The molecular formula is C60H41N3Si. The number of fused-ring (bicyclic) bond motifs is 9. The number of hydrogen-bond acceptors (Lipinski definition) is 0. The molecule has 10 aromatic carbocycles. The summed E-state index contributed by atoms with van der Waals surface area (Å²) < 4.78 is 7.39. The van der Waals surface area contributed by atoms with E-state index in [1.165, 1.54) is 91.9 Å². The van der Waals surface area contributed by atoms with Crippen molar-refractivity contribution >= 4 is 94.2 Å². The fraction of sp³-hybridized carbons (Fsp3) is 0. The maximum Gasteiger partial charge on any atom is 0.179 e. The smallest absolute Gasteiger partial charge is 0.179 e. The molecule has 4 heteroatoms. The minimum Gasteiger partial charge on any atom is -0.309 e.